The van der Waals surface area contributed by atoms with Crippen LogP contribution in [0.2, 0.25) is 0 Å². The second-order valence-corrected chi connectivity index (χ2v) is 5.93. The van der Waals surface area contributed by atoms with Crippen LogP contribution in [-0.4, -0.2) is 28.5 Å². The molecule has 1 aromatic heterocycles. The molecule has 130 valence electrons. The van der Waals surface area contributed by atoms with E-state index in [1.807, 2.05) is 0 Å². The molecule has 2 aromatic rings. The van der Waals surface area contributed by atoms with Gasteiger partial charge in [-0.1, -0.05) is 0 Å². The highest BCUT2D eigenvalue weighted by Gasteiger charge is 2.16. The summed E-state index contributed by atoms with van der Waals surface area (Å²) in [6.45, 7) is -0.0993. The number of fused-ring (bicyclic) bond motifs is 1. The zero-order chi connectivity index (χ0) is 17.8. The molecule has 1 aliphatic carbocycles. The van der Waals surface area contributed by atoms with Crippen molar-refractivity contribution in [1.82, 2.24) is 9.55 Å². The van der Waals surface area contributed by atoms with E-state index >= 15 is 0 Å². The average Bonchev–Trinajstić information content (AvgIpc) is 2.64. The first-order chi connectivity index (χ1) is 12.1. The molecule has 0 unspecified atom stereocenters. The van der Waals surface area contributed by atoms with E-state index in [4.69, 9.17) is 0 Å². The fourth-order valence-electron chi connectivity index (χ4n) is 2.90. The summed E-state index contributed by atoms with van der Waals surface area (Å²) in [5.74, 6) is -0.768. The number of ether oxygens (including phenoxy) is 1. The summed E-state index contributed by atoms with van der Waals surface area (Å²) in [7, 11) is 1.31. The number of hydrogen-bond acceptors (Lipinski definition) is 5. The first-order valence-corrected chi connectivity index (χ1v) is 8.14. The Balaban J connectivity index is 1.69. The number of nitrogens with one attached hydrogen (secondary N) is 1. The Morgan fingerprint density at radius 3 is 2.64 bits per heavy atom. The summed E-state index contributed by atoms with van der Waals surface area (Å²) in [5.41, 5.74) is 2.38. The van der Waals surface area contributed by atoms with E-state index in [1.165, 1.54) is 18.0 Å². The molecule has 7 heteroatoms. The Kier molecular flexibility index (Phi) is 4.92. The van der Waals surface area contributed by atoms with Gasteiger partial charge in [0.1, 0.15) is 6.54 Å². The number of rotatable bonds is 4. The Hall–Kier alpha value is -2.96. The standard InChI is InChI=1S/C18H19N3O4/c1-25-18(24)12-6-8-13(9-7-12)20-16(22)10-21-11-19-15-5-3-2-4-14(15)17(21)23/h6-9,11H,2-5,10H2,1H3,(H,20,22). The number of carbonyl (C=O) groups is 2. The fourth-order valence-corrected chi connectivity index (χ4v) is 2.90. The van der Waals surface area contributed by atoms with Gasteiger partial charge < -0.3 is 10.1 Å². The lowest BCUT2D eigenvalue weighted by atomic mass is 9.97. The van der Waals surface area contributed by atoms with Gasteiger partial charge in [-0.3, -0.25) is 14.2 Å². The summed E-state index contributed by atoms with van der Waals surface area (Å²) in [5, 5.41) is 2.70. The van der Waals surface area contributed by atoms with E-state index in [-0.39, 0.29) is 18.0 Å². The van der Waals surface area contributed by atoms with E-state index in [1.54, 1.807) is 24.3 Å². The van der Waals surface area contributed by atoms with Crippen LogP contribution in [0.4, 0.5) is 5.69 Å². The molecule has 0 fully saturated rings. The number of carbonyl (C=O) groups excluding carboxylic acids is 2. The van der Waals surface area contributed by atoms with Crippen LogP contribution in [0.25, 0.3) is 0 Å². The molecular formula is C18H19N3O4. The van der Waals surface area contributed by atoms with Crippen molar-refractivity contribution in [3.8, 4) is 0 Å². The largest absolute Gasteiger partial charge is 0.465 e. The van der Waals surface area contributed by atoms with Crippen molar-refractivity contribution < 1.29 is 14.3 Å². The number of esters is 1. The van der Waals surface area contributed by atoms with E-state index in [9.17, 15) is 14.4 Å². The molecule has 25 heavy (non-hydrogen) atoms. The van der Waals surface area contributed by atoms with Crippen LogP contribution in [0.15, 0.2) is 35.4 Å². The van der Waals surface area contributed by atoms with Crippen molar-refractivity contribution in [3.63, 3.8) is 0 Å². The first-order valence-electron chi connectivity index (χ1n) is 8.14. The third-order valence-electron chi connectivity index (χ3n) is 4.21. The average molecular weight is 341 g/mol. The molecule has 0 saturated heterocycles. The van der Waals surface area contributed by atoms with Gasteiger partial charge in [0.05, 0.1) is 24.7 Å². The van der Waals surface area contributed by atoms with Gasteiger partial charge in [0.2, 0.25) is 5.91 Å². The smallest absolute Gasteiger partial charge is 0.337 e. The minimum Gasteiger partial charge on any atom is -0.465 e. The monoisotopic (exact) mass is 341 g/mol. The van der Waals surface area contributed by atoms with Crippen LogP contribution in [0.1, 0.15) is 34.5 Å². The number of hydrogen-bond donors (Lipinski definition) is 1. The predicted octanol–water partition coefficient (Wildman–Crippen LogP) is 1.55. The number of amides is 1. The minimum atomic E-state index is -0.440. The quantitative estimate of drug-likeness (QED) is 0.852. The molecule has 0 radical (unpaired) electrons. The molecule has 0 saturated carbocycles. The Bertz CT molecular complexity index is 856. The van der Waals surface area contributed by atoms with Gasteiger partial charge in [-0.2, -0.15) is 0 Å². The van der Waals surface area contributed by atoms with E-state index < -0.39 is 5.97 Å². The van der Waals surface area contributed by atoms with Crippen LogP contribution in [0.5, 0.6) is 0 Å². The first kappa shape index (κ1) is 16.9. The van der Waals surface area contributed by atoms with E-state index in [2.05, 4.69) is 15.0 Å². The SMILES string of the molecule is COC(=O)c1ccc(NC(=O)Cn2cnc3c(c2=O)CCCC3)cc1. The summed E-state index contributed by atoms with van der Waals surface area (Å²) < 4.78 is 5.96. The van der Waals surface area contributed by atoms with E-state index in [0.29, 0.717) is 11.3 Å². The van der Waals surface area contributed by atoms with Crippen molar-refractivity contribution in [2.24, 2.45) is 0 Å². The topological polar surface area (TPSA) is 90.3 Å². The molecule has 0 atom stereocenters. The molecule has 0 aliphatic heterocycles. The zero-order valence-electron chi connectivity index (χ0n) is 13.9. The third kappa shape index (κ3) is 3.76. The summed E-state index contributed by atoms with van der Waals surface area (Å²) >= 11 is 0. The number of benzene rings is 1. The highest BCUT2D eigenvalue weighted by atomic mass is 16.5. The maximum absolute atomic E-state index is 12.4. The normalized spacial score (nSPS) is 13.0. The molecule has 0 bridgehead atoms. The van der Waals surface area contributed by atoms with Crippen molar-refractivity contribution in [3.05, 3.63) is 57.8 Å². The summed E-state index contributed by atoms with van der Waals surface area (Å²) in [6.07, 6.45) is 5.01. The van der Waals surface area contributed by atoms with Gasteiger partial charge in [0.15, 0.2) is 0 Å². The van der Waals surface area contributed by atoms with Crippen LogP contribution in [0, 0.1) is 0 Å². The summed E-state index contributed by atoms with van der Waals surface area (Å²) in [4.78, 5) is 40.3. The van der Waals surface area contributed by atoms with Gasteiger partial charge in [0.25, 0.3) is 5.56 Å². The zero-order valence-corrected chi connectivity index (χ0v) is 13.9. The van der Waals surface area contributed by atoms with Crippen LogP contribution < -0.4 is 10.9 Å². The van der Waals surface area contributed by atoms with Crippen molar-refractivity contribution in [2.75, 3.05) is 12.4 Å². The van der Waals surface area contributed by atoms with Gasteiger partial charge >= 0.3 is 5.97 Å². The van der Waals surface area contributed by atoms with Crippen LogP contribution in [-0.2, 0) is 28.9 Å². The van der Waals surface area contributed by atoms with Crippen LogP contribution >= 0.6 is 0 Å². The molecule has 1 aromatic carbocycles. The van der Waals surface area contributed by atoms with Crippen molar-refractivity contribution in [1.29, 1.82) is 0 Å². The number of nitrogens with zero attached hydrogens (tertiary/aromatic N) is 2. The molecule has 1 amide bonds. The number of anilines is 1. The van der Waals surface area contributed by atoms with Crippen molar-refractivity contribution in [2.45, 2.75) is 32.2 Å². The highest BCUT2D eigenvalue weighted by Crippen LogP contribution is 2.15. The Morgan fingerprint density at radius 1 is 1.20 bits per heavy atom. The molecule has 0 spiro atoms. The summed E-state index contributed by atoms with van der Waals surface area (Å²) in [6, 6.07) is 6.35. The third-order valence-corrected chi connectivity index (χ3v) is 4.21. The Labute approximate surface area is 144 Å². The second kappa shape index (κ2) is 7.29. The second-order valence-electron chi connectivity index (χ2n) is 5.93. The number of aromatic nitrogens is 2. The highest BCUT2D eigenvalue weighted by molar-refractivity contribution is 5.92. The van der Waals surface area contributed by atoms with Crippen molar-refractivity contribution >= 4 is 17.6 Å². The molecule has 1 heterocycles. The molecule has 1 aliphatic rings. The fraction of sp³-hybridized carbons (Fsp3) is 0.333. The van der Waals surface area contributed by atoms with Gasteiger partial charge in [-0.05, 0) is 49.9 Å². The van der Waals surface area contributed by atoms with E-state index in [0.717, 1.165) is 36.9 Å². The van der Waals surface area contributed by atoms with Gasteiger partial charge in [-0.25, -0.2) is 9.78 Å². The van der Waals surface area contributed by atoms with Crippen LogP contribution in [0.3, 0.4) is 0 Å². The lowest BCUT2D eigenvalue weighted by Gasteiger charge is -2.15. The molecular weight excluding hydrogens is 322 g/mol. The van der Waals surface area contributed by atoms with Gasteiger partial charge in [0, 0.05) is 11.3 Å². The predicted molar refractivity (Wildman–Crippen MR) is 91.6 cm³/mol. The maximum atomic E-state index is 12.4. The maximum Gasteiger partial charge on any atom is 0.337 e. The number of aryl methyl sites for hydroxylation is 1. The van der Waals surface area contributed by atoms with Gasteiger partial charge in [-0.15, -0.1) is 0 Å². The minimum absolute atomic E-state index is 0.0993. The lowest BCUT2D eigenvalue weighted by Crippen LogP contribution is -2.32. The lowest BCUT2D eigenvalue weighted by molar-refractivity contribution is -0.116. The molecule has 7 nitrogen and oxygen atoms in total. The Morgan fingerprint density at radius 2 is 1.92 bits per heavy atom. The number of methoxy groups -OCH3 is 1. The molecule has 3 rings (SSSR count). The molecule has 1 N–H and O–H groups in total.